The van der Waals surface area contributed by atoms with Crippen LogP contribution >= 0.6 is 0 Å². The van der Waals surface area contributed by atoms with Gasteiger partial charge in [0.1, 0.15) is 0 Å². The normalized spacial score (nSPS) is 14.7. The number of hydrogen-bond donors (Lipinski definition) is 1. The third kappa shape index (κ3) is 4.93. The van der Waals surface area contributed by atoms with E-state index in [0.29, 0.717) is 18.0 Å². The van der Waals surface area contributed by atoms with E-state index in [0.717, 1.165) is 25.8 Å². The Balaban J connectivity index is 2.68. The molecule has 3 heteroatoms. The van der Waals surface area contributed by atoms with Crippen molar-refractivity contribution in [2.75, 3.05) is 6.54 Å². The Labute approximate surface area is 125 Å². The number of nitrogens with zero attached hydrogens (tertiary/aromatic N) is 2. The summed E-state index contributed by atoms with van der Waals surface area (Å²) >= 11 is 0. The van der Waals surface area contributed by atoms with E-state index in [4.69, 9.17) is 5.10 Å². The third-order valence-electron chi connectivity index (χ3n) is 4.40. The predicted octanol–water partition coefficient (Wildman–Crippen LogP) is 4.20. The standard InChI is InChI=1S/C17H33N3/c1-6-11-18-17(14(5)7-2)13-15-10-12-20(19-15)16(8-3)9-4/h10,12,14,16-18H,6-9,11,13H2,1-5H3. The average Bonchev–Trinajstić information content (AvgIpc) is 2.92. The van der Waals surface area contributed by atoms with Crippen molar-refractivity contribution in [2.45, 2.75) is 78.8 Å². The second kappa shape index (κ2) is 9.17. The van der Waals surface area contributed by atoms with Crippen LogP contribution in [0.3, 0.4) is 0 Å². The molecular weight excluding hydrogens is 246 g/mol. The monoisotopic (exact) mass is 279 g/mol. The Morgan fingerprint density at radius 2 is 1.85 bits per heavy atom. The van der Waals surface area contributed by atoms with Crippen LogP contribution in [0.5, 0.6) is 0 Å². The molecule has 116 valence electrons. The predicted molar refractivity (Wildman–Crippen MR) is 87.1 cm³/mol. The van der Waals surface area contributed by atoms with E-state index < -0.39 is 0 Å². The maximum Gasteiger partial charge on any atom is 0.0640 e. The van der Waals surface area contributed by atoms with Crippen molar-refractivity contribution < 1.29 is 0 Å². The van der Waals surface area contributed by atoms with Crippen LogP contribution in [0.4, 0.5) is 0 Å². The molecule has 0 amide bonds. The van der Waals surface area contributed by atoms with E-state index in [1.807, 2.05) is 0 Å². The number of nitrogens with one attached hydrogen (secondary N) is 1. The summed E-state index contributed by atoms with van der Waals surface area (Å²) in [6.07, 6.45) is 7.91. The summed E-state index contributed by atoms with van der Waals surface area (Å²) in [7, 11) is 0. The fourth-order valence-electron chi connectivity index (χ4n) is 2.67. The van der Waals surface area contributed by atoms with Crippen molar-refractivity contribution in [1.29, 1.82) is 0 Å². The summed E-state index contributed by atoms with van der Waals surface area (Å²) in [5.74, 6) is 0.694. The van der Waals surface area contributed by atoms with Crippen LogP contribution in [0.1, 0.15) is 72.0 Å². The molecule has 0 aliphatic heterocycles. The minimum atomic E-state index is 0.546. The van der Waals surface area contributed by atoms with E-state index in [1.54, 1.807) is 0 Å². The molecule has 0 fully saturated rings. The first-order chi connectivity index (χ1) is 9.65. The highest BCUT2D eigenvalue weighted by molar-refractivity contribution is 5.03. The first kappa shape index (κ1) is 17.2. The molecule has 0 aliphatic rings. The summed E-state index contributed by atoms with van der Waals surface area (Å²) in [6.45, 7) is 12.4. The third-order valence-corrected chi connectivity index (χ3v) is 4.40. The van der Waals surface area contributed by atoms with Crippen LogP contribution < -0.4 is 5.32 Å². The van der Waals surface area contributed by atoms with Gasteiger partial charge >= 0.3 is 0 Å². The first-order valence-corrected chi connectivity index (χ1v) is 8.43. The van der Waals surface area contributed by atoms with Gasteiger partial charge in [0, 0.05) is 18.7 Å². The highest BCUT2D eigenvalue weighted by atomic mass is 15.3. The molecule has 2 atom stereocenters. The minimum absolute atomic E-state index is 0.546. The largest absolute Gasteiger partial charge is 0.313 e. The number of aromatic nitrogens is 2. The zero-order valence-corrected chi connectivity index (χ0v) is 14.0. The van der Waals surface area contributed by atoms with Crippen LogP contribution in [0.15, 0.2) is 12.3 Å². The van der Waals surface area contributed by atoms with Gasteiger partial charge in [0.05, 0.1) is 11.7 Å². The molecule has 0 radical (unpaired) electrons. The maximum atomic E-state index is 4.79. The molecular formula is C17H33N3. The van der Waals surface area contributed by atoms with Gasteiger partial charge in [-0.15, -0.1) is 0 Å². The van der Waals surface area contributed by atoms with Crippen LogP contribution in [0.25, 0.3) is 0 Å². The van der Waals surface area contributed by atoms with E-state index >= 15 is 0 Å². The van der Waals surface area contributed by atoms with Gasteiger partial charge in [-0.2, -0.15) is 5.10 Å². The Kier molecular flexibility index (Phi) is 7.90. The summed E-state index contributed by atoms with van der Waals surface area (Å²) in [4.78, 5) is 0. The van der Waals surface area contributed by atoms with Crippen LogP contribution in [0, 0.1) is 5.92 Å². The van der Waals surface area contributed by atoms with Gasteiger partial charge in [-0.05, 0) is 37.8 Å². The Hall–Kier alpha value is -0.830. The zero-order chi connectivity index (χ0) is 15.0. The Morgan fingerprint density at radius 3 is 2.40 bits per heavy atom. The molecule has 1 rings (SSSR count). The van der Waals surface area contributed by atoms with Gasteiger partial charge in [-0.1, -0.05) is 41.0 Å². The van der Waals surface area contributed by atoms with Crippen LogP contribution in [-0.2, 0) is 6.42 Å². The lowest BCUT2D eigenvalue weighted by molar-refractivity contribution is 0.358. The fourth-order valence-corrected chi connectivity index (χ4v) is 2.67. The Bertz CT molecular complexity index is 355. The van der Waals surface area contributed by atoms with Crippen molar-refractivity contribution in [3.63, 3.8) is 0 Å². The molecule has 0 saturated heterocycles. The molecule has 1 N–H and O–H groups in total. The highest BCUT2D eigenvalue weighted by Crippen LogP contribution is 2.17. The van der Waals surface area contributed by atoms with Crippen molar-refractivity contribution in [3.05, 3.63) is 18.0 Å². The van der Waals surface area contributed by atoms with Crippen molar-refractivity contribution >= 4 is 0 Å². The second-order valence-corrected chi connectivity index (χ2v) is 5.91. The summed E-state index contributed by atoms with van der Waals surface area (Å²) in [5.41, 5.74) is 1.23. The van der Waals surface area contributed by atoms with Gasteiger partial charge in [0.25, 0.3) is 0 Å². The topological polar surface area (TPSA) is 29.9 Å². The van der Waals surface area contributed by atoms with E-state index in [1.165, 1.54) is 18.5 Å². The average molecular weight is 279 g/mol. The molecule has 1 heterocycles. The molecule has 1 aromatic rings. The van der Waals surface area contributed by atoms with E-state index in [-0.39, 0.29) is 0 Å². The molecule has 2 unspecified atom stereocenters. The molecule has 0 aromatic carbocycles. The summed E-state index contributed by atoms with van der Waals surface area (Å²) in [6, 6.07) is 3.29. The summed E-state index contributed by atoms with van der Waals surface area (Å²) < 4.78 is 2.16. The lowest BCUT2D eigenvalue weighted by Gasteiger charge is -2.23. The van der Waals surface area contributed by atoms with Gasteiger partial charge in [0.2, 0.25) is 0 Å². The lowest BCUT2D eigenvalue weighted by atomic mass is 9.95. The quantitative estimate of drug-likeness (QED) is 0.695. The van der Waals surface area contributed by atoms with Crippen molar-refractivity contribution in [1.82, 2.24) is 15.1 Å². The van der Waals surface area contributed by atoms with Crippen molar-refractivity contribution in [3.8, 4) is 0 Å². The van der Waals surface area contributed by atoms with Gasteiger partial charge in [-0.25, -0.2) is 0 Å². The number of rotatable bonds is 10. The Morgan fingerprint density at radius 1 is 1.15 bits per heavy atom. The van der Waals surface area contributed by atoms with E-state index in [9.17, 15) is 0 Å². The smallest absolute Gasteiger partial charge is 0.0640 e. The lowest BCUT2D eigenvalue weighted by Crippen LogP contribution is -2.37. The van der Waals surface area contributed by atoms with Crippen molar-refractivity contribution in [2.24, 2.45) is 5.92 Å². The zero-order valence-electron chi connectivity index (χ0n) is 14.0. The molecule has 1 aromatic heterocycles. The SMILES string of the molecule is CCCNC(Cc1ccn(C(CC)CC)n1)C(C)CC. The van der Waals surface area contributed by atoms with Crippen LogP contribution in [0.2, 0.25) is 0 Å². The second-order valence-electron chi connectivity index (χ2n) is 5.91. The van der Waals surface area contributed by atoms with Gasteiger partial charge < -0.3 is 5.32 Å². The molecule has 0 spiro atoms. The minimum Gasteiger partial charge on any atom is -0.313 e. The van der Waals surface area contributed by atoms with Gasteiger partial charge in [-0.3, -0.25) is 4.68 Å². The van der Waals surface area contributed by atoms with Gasteiger partial charge in [0.15, 0.2) is 0 Å². The van der Waals surface area contributed by atoms with Crippen LogP contribution in [-0.4, -0.2) is 22.4 Å². The fraction of sp³-hybridized carbons (Fsp3) is 0.824. The molecule has 0 saturated carbocycles. The molecule has 0 aliphatic carbocycles. The summed E-state index contributed by atoms with van der Waals surface area (Å²) in [5, 5.41) is 8.48. The molecule has 0 bridgehead atoms. The maximum absolute atomic E-state index is 4.79. The highest BCUT2D eigenvalue weighted by Gasteiger charge is 2.17. The van der Waals surface area contributed by atoms with E-state index in [2.05, 4.69) is 56.9 Å². The first-order valence-electron chi connectivity index (χ1n) is 8.43. The molecule has 20 heavy (non-hydrogen) atoms. The number of hydrogen-bond acceptors (Lipinski definition) is 2. The molecule has 3 nitrogen and oxygen atoms in total.